The van der Waals surface area contributed by atoms with Crippen molar-refractivity contribution in [1.82, 2.24) is 20.0 Å². The number of hydrogen-bond donors (Lipinski definition) is 3. The predicted molar refractivity (Wildman–Crippen MR) is 198 cm³/mol. The van der Waals surface area contributed by atoms with Crippen LogP contribution in [0.5, 0.6) is 0 Å². The van der Waals surface area contributed by atoms with E-state index >= 15 is 0 Å². The van der Waals surface area contributed by atoms with Gasteiger partial charge >= 0.3 is 5.97 Å². The number of likely N-dealkylation sites (N-methyl/N-ethyl adjacent to an activating group) is 1. The molecule has 3 amide bonds. The van der Waals surface area contributed by atoms with Gasteiger partial charge in [-0.05, 0) is 37.8 Å². The van der Waals surface area contributed by atoms with Gasteiger partial charge in [-0.25, -0.2) is 10.7 Å². The number of nitrogens with zero attached hydrogens (tertiary/aromatic N) is 3. The summed E-state index contributed by atoms with van der Waals surface area (Å²) in [5.41, 5.74) is 1.11. The van der Waals surface area contributed by atoms with E-state index in [1.165, 1.54) is 7.11 Å². The van der Waals surface area contributed by atoms with Crippen LogP contribution in [0.3, 0.4) is 0 Å². The first-order chi connectivity index (χ1) is 24.2. The zero-order valence-corrected chi connectivity index (χ0v) is 32.3. The zero-order valence-electron chi connectivity index (χ0n) is 32.3. The summed E-state index contributed by atoms with van der Waals surface area (Å²) in [6.45, 7) is 16.3. The Morgan fingerprint density at radius 3 is 2.16 bits per heavy atom. The van der Waals surface area contributed by atoms with Gasteiger partial charge in [0.05, 0.1) is 25.7 Å². The Morgan fingerprint density at radius 1 is 0.941 bits per heavy atom. The first-order valence-electron chi connectivity index (χ1n) is 18.2. The number of carboxylic acid groups (broad SMARTS) is 1. The van der Waals surface area contributed by atoms with Gasteiger partial charge in [-0.1, -0.05) is 78.0 Å². The monoisotopic (exact) mass is 719 g/mol. The van der Waals surface area contributed by atoms with Crippen molar-refractivity contribution in [3.05, 3.63) is 48.2 Å². The van der Waals surface area contributed by atoms with Crippen LogP contribution >= 0.6 is 0 Å². The molecule has 0 saturated heterocycles. The second kappa shape index (κ2) is 24.8. The summed E-state index contributed by atoms with van der Waals surface area (Å²) in [5, 5.41) is 12.4. The van der Waals surface area contributed by atoms with Crippen molar-refractivity contribution < 1.29 is 38.6 Å². The molecule has 0 spiro atoms. The minimum absolute atomic E-state index is 0.0101. The molecule has 0 bridgehead atoms. The summed E-state index contributed by atoms with van der Waals surface area (Å²) in [5.74, 6) is 2.64. The largest absolute Gasteiger partial charge is 0.480 e. The van der Waals surface area contributed by atoms with Gasteiger partial charge in [0.2, 0.25) is 17.7 Å². The molecule has 13 heteroatoms. The third-order valence-electron chi connectivity index (χ3n) is 9.35. The van der Waals surface area contributed by atoms with E-state index in [0.717, 1.165) is 18.4 Å². The van der Waals surface area contributed by atoms with Gasteiger partial charge < -0.3 is 39.4 Å². The Bertz CT molecular complexity index is 1200. The number of hydrogen-bond acceptors (Lipinski definition) is 9. The fraction of sp³-hybridized carbons (Fsp3) is 0.684. The molecule has 0 saturated carbocycles. The molecule has 1 aromatic carbocycles. The fourth-order valence-electron chi connectivity index (χ4n) is 6.23. The third-order valence-corrected chi connectivity index (χ3v) is 9.35. The third kappa shape index (κ3) is 15.8. The summed E-state index contributed by atoms with van der Waals surface area (Å²) in [6.07, 6.45) is 2.47. The van der Waals surface area contributed by atoms with Gasteiger partial charge in [0.1, 0.15) is 12.1 Å². The van der Waals surface area contributed by atoms with Crippen molar-refractivity contribution >= 4 is 23.7 Å². The Kier molecular flexibility index (Phi) is 22.2. The van der Waals surface area contributed by atoms with Crippen LogP contribution in [0.25, 0.3) is 0 Å². The number of carboxylic acids is 1. The Hall–Kier alpha value is -3.36. The first-order valence-corrected chi connectivity index (χ1v) is 18.2. The second-order valence-corrected chi connectivity index (χ2v) is 13.5. The van der Waals surface area contributed by atoms with Gasteiger partial charge in [-0.15, -0.1) is 0 Å². The Balaban J connectivity index is 2.97. The average molecular weight is 720 g/mol. The molecule has 0 aliphatic rings. The number of nitrogens with one attached hydrogen (secondary N) is 1. The maximum absolute atomic E-state index is 13.8. The molecule has 290 valence electrons. The molecule has 0 heterocycles. The van der Waals surface area contributed by atoms with E-state index < -0.39 is 29.9 Å². The van der Waals surface area contributed by atoms with Gasteiger partial charge in [-0.3, -0.25) is 14.4 Å². The van der Waals surface area contributed by atoms with Crippen molar-refractivity contribution in [2.75, 3.05) is 54.1 Å². The molecule has 0 aliphatic carbocycles. The zero-order chi connectivity index (χ0) is 38.5. The van der Waals surface area contributed by atoms with Crippen LogP contribution < -0.4 is 11.2 Å². The fourth-order valence-corrected chi connectivity index (χ4v) is 6.23. The number of carbonyl (C=O) groups excluding carboxylic acids is 3. The van der Waals surface area contributed by atoms with Crippen molar-refractivity contribution in [3.63, 3.8) is 0 Å². The molecule has 0 aromatic heterocycles. The van der Waals surface area contributed by atoms with Crippen molar-refractivity contribution in [1.29, 1.82) is 0 Å². The molecule has 5 atom stereocenters. The number of aliphatic carboxylic acids is 1. The maximum Gasteiger partial charge on any atom is 0.326 e. The van der Waals surface area contributed by atoms with E-state index in [1.807, 2.05) is 39.2 Å². The van der Waals surface area contributed by atoms with E-state index in [2.05, 4.69) is 42.4 Å². The lowest BCUT2D eigenvalue weighted by Crippen LogP contribution is -2.49. The van der Waals surface area contributed by atoms with Crippen LogP contribution in [0.2, 0.25) is 0 Å². The highest BCUT2D eigenvalue weighted by Gasteiger charge is 2.34. The highest BCUT2D eigenvalue weighted by Crippen LogP contribution is 2.23. The molecular weight excluding hydrogens is 654 g/mol. The van der Waals surface area contributed by atoms with Gasteiger partial charge in [0.15, 0.2) is 0 Å². The summed E-state index contributed by atoms with van der Waals surface area (Å²) >= 11 is 0. The minimum atomic E-state index is -1.15. The van der Waals surface area contributed by atoms with Crippen molar-refractivity contribution in [3.8, 4) is 0 Å². The summed E-state index contributed by atoms with van der Waals surface area (Å²) in [7, 11) is 5.24. The predicted octanol–water partition coefficient (Wildman–Crippen LogP) is 3.86. The number of carbonyl (C=O) groups is 4. The van der Waals surface area contributed by atoms with Gasteiger partial charge in [0, 0.05) is 64.3 Å². The molecule has 13 nitrogen and oxygen atoms in total. The Morgan fingerprint density at radius 2 is 1.61 bits per heavy atom. The maximum atomic E-state index is 13.8. The topological polar surface area (TPSA) is 164 Å². The average Bonchev–Trinajstić information content (AvgIpc) is 3.10. The van der Waals surface area contributed by atoms with E-state index in [-0.39, 0.29) is 42.7 Å². The normalized spacial score (nSPS) is 14.4. The van der Waals surface area contributed by atoms with Gasteiger partial charge in [-0.2, -0.15) is 0 Å². The van der Waals surface area contributed by atoms with Crippen LogP contribution in [0, 0.1) is 11.8 Å². The number of amides is 3. The number of methoxy groups -OCH3 is 1. The minimum Gasteiger partial charge on any atom is -0.480 e. The highest BCUT2D eigenvalue weighted by atomic mass is 16.6. The summed E-state index contributed by atoms with van der Waals surface area (Å²) in [4.78, 5) is 62.7. The number of benzene rings is 1. The number of ether oxygens (including phenoxy) is 2. The second-order valence-electron chi connectivity index (χ2n) is 13.5. The van der Waals surface area contributed by atoms with E-state index in [0.29, 0.717) is 57.9 Å². The Labute approximate surface area is 305 Å². The first kappa shape index (κ1) is 45.7. The molecule has 1 rings (SSSR count). The van der Waals surface area contributed by atoms with E-state index in [1.54, 1.807) is 28.9 Å². The lowest BCUT2D eigenvalue weighted by atomic mass is 9.97. The molecule has 51 heavy (non-hydrogen) atoms. The molecule has 5 unspecified atom stereocenters. The van der Waals surface area contributed by atoms with Crippen LogP contribution in [0.1, 0.15) is 78.7 Å². The van der Waals surface area contributed by atoms with Crippen LogP contribution in [0.4, 0.5) is 0 Å². The molecule has 1 aromatic rings. The van der Waals surface area contributed by atoms with Crippen LogP contribution in [0.15, 0.2) is 42.6 Å². The van der Waals surface area contributed by atoms with E-state index in [4.69, 9.17) is 15.4 Å². The van der Waals surface area contributed by atoms with Crippen molar-refractivity contribution in [2.24, 2.45) is 17.7 Å². The summed E-state index contributed by atoms with van der Waals surface area (Å²) < 4.78 is 11.3. The molecular formula is C38H65N5O8. The molecule has 0 fully saturated rings. The SMILES string of the molecule is C=C(C(OC)C(C)C(=O)NC(Cc1ccccc1)C(=O)O)N(CCC)C(=O)CCC(CCC)N(C)C(=O)CC(C(C)C)N(C)CCOCCON. The van der Waals surface area contributed by atoms with Crippen LogP contribution in [-0.4, -0.2) is 122 Å². The van der Waals surface area contributed by atoms with Crippen LogP contribution in [-0.2, 0) is 39.9 Å². The lowest BCUT2D eigenvalue weighted by molar-refractivity contribution is -0.143. The quantitative estimate of drug-likeness (QED) is 0.0899. The lowest BCUT2D eigenvalue weighted by Gasteiger charge is -2.35. The smallest absolute Gasteiger partial charge is 0.326 e. The number of nitrogens with two attached hydrogens (primary N) is 1. The summed E-state index contributed by atoms with van der Waals surface area (Å²) in [6, 6.07) is 7.81. The standard InChI is InChI=1S/C38H65N5O8/c1-10-15-31(42(8)35(45)26-33(27(3)4)41(7)21-22-50-23-24-51-39)18-19-34(44)43(20-11-2)29(6)36(49-9)28(5)37(46)40-32(38(47)48)25-30-16-13-12-14-17-30/h12-14,16-17,27-28,31-33,36H,6,10-11,15,18-26,39H2,1-5,7-9H3,(H,40,46)(H,47,48). The van der Waals surface area contributed by atoms with Gasteiger partial charge in [0.25, 0.3) is 0 Å². The number of rotatable bonds is 27. The van der Waals surface area contributed by atoms with Crippen molar-refractivity contribution in [2.45, 2.75) is 104 Å². The molecule has 0 radical (unpaired) electrons. The van der Waals surface area contributed by atoms with E-state index in [9.17, 15) is 24.3 Å². The highest BCUT2D eigenvalue weighted by molar-refractivity contribution is 5.86. The molecule has 4 N–H and O–H groups in total. The molecule has 0 aliphatic heterocycles.